The van der Waals surface area contributed by atoms with Crippen molar-refractivity contribution in [2.45, 2.75) is 44.9 Å². The number of fused-ring (bicyclic) bond motifs is 3. The molecule has 6 rings (SSSR count). The van der Waals surface area contributed by atoms with Crippen LogP contribution in [0.1, 0.15) is 32.8 Å². The Balaban J connectivity index is 1.35. The van der Waals surface area contributed by atoms with Gasteiger partial charge in [-0.1, -0.05) is 6.58 Å². The minimum atomic E-state index is -1.00. The van der Waals surface area contributed by atoms with Crippen LogP contribution in [0.4, 0.5) is 10.2 Å². The molecule has 41 heavy (non-hydrogen) atoms. The van der Waals surface area contributed by atoms with Gasteiger partial charge >= 0.3 is 0 Å². The standard InChI is InChI=1S/C30H34FN7O3/c1-6-33-29(40-5)26(19(2)31)17-37-22-9-23(37)15-36(14-22)27-8-7-20(12-34-27)25-10-24(41-18-30(3,4)39)16-38-28(25)21(11-32)13-35-38/h6-8,10,12-13,16,22-23,39H,2,9,14-15,17-18H2,1,3-5H3/b29-26+,33-6?. The first-order chi connectivity index (χ1) is 19.6. The number of halogens is 1. The second kappa shape index (κ2) is 11.3. The van der Waals surface area contributed by atoms with Gasteiger partial charge in [-0.3, -0.25) is 4.90 Å². The van der Waals surface area contributed by atoms with Crippen molar-refractivity contribution in [2.75, 3.05) is 38.3 Å². The number of hydrogen-bond acceptors (Lipinski definition) is 9. The van der Waals surface area contributed by atoms with Crippen LogP contribution in [0.5, 0.6) is 5.75 Å². The van der Waals surface area contributed by atoms with Crippen molar-refractivity contribution in [2.24, 2.45) is 4.99 Å². The average molecular weight is 560 g/mol. The summed E-state index contributed by atoms with van der Waals surface area (Å²) in [5.41, 5.74) is 2.04. The molecule has 10 nitrogen and oxygen atoms in total. The van der Waals surface area contributed by atoms with E-state index < -0.39 is 11.4 Å². The highest BCUT2D eigenvalue weighted by Gasteiger charge is 2.45. The fourth-order valence-electron chi connectivity index (χ4n) is 5.43. The molecule has 3 aliphatic rings. The number of piperidine rings is 1. The van der Waals surface area contributed by atoms with Gasteiger partial charge in [0.1, 0.15) is 30.1 Å². The molecule has 0 radical (unpaired) electrons. The molecule has 3 aliphatic heterocycles. The topological polar surface area (TPSA) is 112 Å². The zero-order chi connectivity index (χ0) is 29.3. The normalized spacial score (nSPS) is 19.6. The number of piperazine rings is 1. The van der Waals surface area contributed by atoms with Gasteiger partial charge in [0.25, 0.3) is 0 Å². The summed E-state index contributed by atoms with van der Waals surface area (Å²) in [5, 5.41) is 24.1. The Labute approximate surface area is 238 Å². The summed E-state index contributed by atoms with van der Waals surface area (Å²) in [6.45, 7) is 10.6. The number of anilines is 1. The molecule has 0 aliphatic carbocycles. The summed E-state index contributed by atoms with van der Waals surface area (Å²) in [5.74, 6) is 1.09. The number of aliphatic hydroxyl groups is 1. The van der Waals surface area contributed by atoms with Crippen LogP contribution >= 0.6 is 0 Å². The highest BCUT2D eigenvalue weighted by atomic mass is 19.1. The molecule has 214 valence electrons. The van der Waals surface area contributed by atoms with Crippen LogP contribution in [0, 0.1) is 11.3 Å². The quantitative estimate of drug-likeness (QED) is 0.224. The molecule has 3 aromatic heterocycles. The Morgan fingerprint density at radius 2 is 2.07 bits per heavy atom. The molecule has 11 heteroatoms. The number of nitriles is 1. The van der Waals surface area contributed by atoms with Crippen molar-refractivity contribution in [3.8, 4) is 22.9 Å². The first kappa shape index (κ1) is 28.3. The largest absolute Gasteiger partial charge is 0.489 e. The van der Waals surface area contributed by atoms with E-state index in [2.05, 4.69) is 32.5 Å². The lowest BCUT2D eigenvalue weighted by Gasteiger charge is -2.56. The monoisotopic (exact) mass is 559 g/mol. The molecule has 2 unspecified atom stereocenters. The number of pyridine rings is 2. The van der Waals surface area contributed by atoms with E-state index in [0.29, 0.717) is 28.9 Å². The van der Waals surface area contributed by atoms with E-state index in [-0.39, 0.29) is 24.6 Å². The van der Waals surface area contributed by atoms with Crippen LogP contribution in [0.25, 0.3) is 16.6 Å². The Hall–Kier alpha value is -4.27. The van der Waals surface area contributed by atoms with Gasteiger partial charge < -0.3 is 19.5 Å². The number of ether oxygens (including phenoxy) is 2. The van der Waals surface area contributed by atoms with E-state index >= 15 is 0 Å². The van der Waals surface area contributed by atoms with Crippen molar-refractivity contribution < 1.29 is 19.0 Å². The molecule has 0 aromatic carbocycles. The maximum Gasteiger partial charge on any atom is 0.220 e. The first-order valence-electron chi connectivity index (χ1n) is 13.5. The SMILES string of the molecule is C=C(F)/C(CN1C2CC1CN(c1ccc(-c3cc(OCC(C)(C)O)cn4ncc(C#N)c34)cn1)C2)=C(\N=CC)OC. The third-order valence-electron chi connectivity index (χ3n) is 7.39. The Morgan fingerprint density at radius 3 is 2.66 bits per heavy atom. The first-order valence-corrected chi connectivity index (χ1v) is 13.5. The molecule has 3 saturated heterocycles. The number of rotatable bonds is 10. The van der Waals surface area contributed by atoms with Gasteiger partial charge in [-0.2, -0.15) is 10.4 Å². The maximum atomic E-state index is 14.3. The summed E-state index contributed by atoms with van der Waals surface area (Å²) >= 11 is 0. The van der Waals surface area contributed by atoms with E-state index in [9.17, 15) is 14.8 Å². The molecule has 2 atom stereocenters. The van der Waals surface area contributed by atoms with Gasteiger partial charge in [0.15, 0.2) is 0 Å². The summed E-state index contributed by atoms with van der Waals surface area (Å²) in [6, 6.07) is 8.50. The number of hydrogen-bond donors (Lipinski definition) is 1. The van der Waals surface area contributed by atoms with Crippen LogP contribution < -0.4 is 9.64 Å². The van der Waals surface area contributed by atoms with E-state index in [0.717, 1.165) is 36.5 Å². The average Bonchev–Trinajstić information content (AvgIpc) is 3.38. The van der Waals surface area contributed by atoms with Gasteiger partial charge in [0, 0.05) is 55.3 Å². The van der Waals surface area contributed by atoms with Crippen molar-refractivity contribution in [1.82, 2.24) is 19.5 Å². The van der Waals surface area contributed by atoms with Crippen molar-refractivity contribution >= 4 is 17.5 Å². The molecule has 1 N–H and O–H groups in total. The number of aromatic nitrogens is 3. The van der Waals surface area contributed by atoms with E-state index in [1.54, 1.807) is 43.9 Å². The lowest BCUT2D eigenvalue weighted by atomic mass is 9.86. The maximum absolute atomic E-state index is 14.3. The van der Waals surface area contributed by atoms with Gasteiger partial charge in [-0.05, 0) is 45.4 Å². The second-order valence-corrected chi connectivity index (χ2v) is 11.0. The molecule has 3 aromatic rings. The molecule has 0 spiro atoms. The Bertz CT molecular complexity index is 1540. The predicted octanol–water partition coefficient (Wildman–Crippen LogP) is 4.11. The molecule has 3 fully saturated rings. The minimum absolute atomic E-state index is 0.102. The number of aliphatic imine (C=N–C) groups is 1. The van der Waals surface area contributed by atoms with Crippen LogP contribution in [0.2, 0.25) is 0 Å². The zero-order valence-corrected chi connectivity index (χ0v) is 23.7. The summed E-state index contributed by atoms with van der Waals surface area (Å²) in [7, 11) is 1.48. The van der Waals surface area contributed by atoms with Gasteiger partial charge in [-0.15, -0.1) is 0 Å². The van der Waals surface area contributed by atoms with Crippen molar-refractivity contribution in [1.29, 1.82) is 5.26 Å². The fourth-order valence-corrected chi connectivity index (χ4v) is 5.43. The van der Waals surface area contributed by atoms with Crippen LogP contribution in [-0.2, 0) is 4.74 Å². The highest BCUT2D eigenvalue weighted by Crippen LogP contribution is 2.37. The van der Waals surface area contributed by atoms with Gasteiger partial charge in [-0.25, -0.2) is 18.9 Å². The number of methoxy groups -OCH3 is 1. The van der Waals surface area contributed by atoms with Gasteiger partial charge in [0.2, 0.25) is 5.88 Å². The van der Waals surface area contributed by atoms with Crippen molar-refractivity contribution in [3.05, 3.63) is 66.2 Å². The van der Waals surface area contributed by atoms with Crippen molar-refractivity contribution in [3.63, 3.8) is 0 Å². The third-order valence-corrected chi connectivity index (χ3v) is 7.39. The summed E-state index contributed by atoms with van der Waals surface area (Å²) in [4.78, 5) is 13.4. The molecular formula is C30H34FN7O3. The lowest BCUT2D eigenvalue weighted by molar-refractivity contribution is 0.00709. The second-order valence-electron chi connectivity index (χ2n) is 11.0. The summed E-state index contributed by atoms with van der Waals surface area (Å²) in [6.07, 6.45) is 7.62. The smallest absolute Gasteiger partial charge is 0.220 e. The fraction of sp³-hybridized carbons (Fsp3) is 0.400. The molecule has 0 saturated carbocycles. The third kappa shape index (κ3) is 5.80. The van der Waals surface area contributed by atoms with E-state index in [1.807, 2.05) is 18.2 Å². The van der Waals surface area contributed by atoms with Gasteiger partial charge in [0.05, 0.1) is 41.8 Å². The number of nitrogens with zero attached hydrogens (tertiary/aromatic N) is 7. The predicted molar refractivity (Wildman–Crippen MR) is 154 cm³/mol. The van der Waals surface area contributed by atoms with E-state index in [4.69, 9.17) is 14.5 Å². The Kier molecular flexibility index (Phi) is 7.80. The van der Waals surface area contributed by atoms with E-state index in [1.165, 1.54) is 13.3 Å². The highest BCUT2D eigenvalue weighted by molar-refractivity contribution is 5.85. The zero-order valence-electron chi connectivity index (χ0n) is 23.7. The Morgan fingerprint density at radius 1 is 1.32 bits per heavy atom. The molecule has 0 amide bonds. The lowest BCUT2D eigenvalue weighted by Crippen LogP contribution is -2.69. The van der Waals surface area contributed by atoms with Crippen LogP contribution in [-0.4, -0.2) is 81.9 Å². The summed E-state index contributed by atoms with van der Waals surface area (Å²) < 4.78 is 27.0. The molecule has 6 heterocycles. The molecular weight excluding hydrogens is 525 g/mol. The minimum Gasteiger partial charge on any atom is -0.489 e. The van der Waals surface area contributed by atoms with Crippen LogP contribution in [0.15, 0.2) is 65.6 Å². The molecule has 2 bridgehead atoms. The van der Waals surface area contributed by atoms with Crippen LogP contribution in [0.3, 0.4) is 0 Å².